The van der Waals surface area contributed by atoms with Crippen molar-refractivity contribution >= 4 is 17.2 Å². The third-order valence-electron chi connectivity index (χ3n) is 4.00. The maximum Gasteiger partial charge on any atom is 0.231 e. The first-order chi connectivity index (χ1) is 10.6. The number of likely N-dealkylation sites (tertiary alicyclic amines) is 1. The second kappa shape index (κ2) is 6.60. The van der Waals surface area contributed by atoms with Crippen LogP contribution in [0.15, 0.2) is 22.0 Å². The van der Waals surface area contributed by atoms with Crippen molar-refractivity contribution in [3.63, 3.8) is 0 Å². The second-order valence-electron chi connectivity index (χ2n) is 6.08. The van der Waals surface area contributed by atoms with E-state index in [9.17, 15) is 4.79 Å². The molecule has 0 aliphatic carbocycles. The topological polar surface area (TPSA) is 59.2 Å². The van der Waals surface area contributed by atoms with Crippen LogP contribution in [0, 0.1) is 0 Å². The van der Waals surface area contributed by atoms with Crippen LogP contribution in [0.25, 0.3) is 0 Å². The fraction of sp³-hybridized carbons (Fsp3) is 0.562. The van der Waals surface area contributed by atoms with E-state index in [0.717, 1.165) is 30.1 Å². The van der Waals surface area contributed by atoms with Crippen molar-refractivity contribution in [1.29, 1.82) is 0 Å². The van der Waals surface area contributed by atoms with Gasteiger partial charge in [0.05, 0.1) is 12.3 Å². The molecule has 0 aromatic carbocycles. The number of thiophene rings is 1. The molecule has 0 radical (unpaired) electrons. The van der Waals surface area contributed by atoms with Gasteiger partial charge in [-0.3, -0.25) is 4.79 Å². The second-order valence-corrected chi connectivity index (χ2v) is 7.11. The Bertz CT molecular complexity index is 621. The first-order valence-electron chi connectivity index (χ1n) is 7.77. The molecule has 0 N–H and O–H groups in total. The average molecular weight is 319 g/mol. The summed E-state index contributed by atoms with van der Waals surface area (Å²) in [7, 11) is 0. The highest BCUT2D eigenvalue weighted by Crippen LogP contribution is 2.27. The lowest BCUT2D eigenvalue weighted by Crippen LogP contribution is -2.39. The molecule has 0 spiro atoms. The van der Waals surface area contributed by atoms with E-state index in [-0.39, 0.29) is 17.7 Å². The Morgan fingerprint density at radius 3 is 3.09 bits per heavy atom. The minimum Gasteiger partial charge on any atom is -0.342 e. The van der Waals surface area contributed by atoms with Crippen LogP contribution in [0.2, 0.25) is 0 Å². The van der Waals surface area contributed by atoms with Crippen LogP contribution in [-0.4, -0.2) is 34.0 Å². The fourth-order valence-electron chi connectivity index (χ4n) is 2.73. The van der Waals surface area contributed by atoms with E-state index in [2.05, 4.69) is 10.1 Å². The number of rotatable bonds is 4. The van der Waals surface area contributed by atoms with Crippen molar-refractivity contribution in [3.05, 3.63) is 34.1 Å². The van der Waals surface area contributed by atoms with Crippen LogP contribution in [-0.2, 0) is 11.2 Å². The van der Waals surface area contributed by atoms with Crippen LogP contribution >= 0.6 is 11.3 Å². The predicted octanol–water partition coefficient (Wildman–Crippen LogP) is 3.20. The van der Waals surface area contributed by atoms with Gasteiger partial charge >= 0.3 is 0 Å². The summed E-state index contributed by atoms with van der Waals surface area (Å²) in [5.74, 6) is 2.05. The average Bonchev–Trinajstić information content (AvgIpc) is 3.18. The van der Waals surface area contributed by atoms with Crippen molar-refractivity contribution < 1.29 is 9.32 Å². The quantitative estimate of drug-likeness (QED) is 0.868. The SMILES string of the molecule is CC(C)c1noc([C@@H]2CCCN(C(=O)Cc3cccs3)C2)n1. The molecule has 3 heterocycles. The van der Waals surface area contributed by atoms with Gasteiger partial charge in [0.2, 0.25) is 11.8 Å². The van der Waals surface area contributed by atoms with Gasteiger partial charge in [-0.2, -0.15) is 4.98 Å². The zero-order valence-corrected chi connectivity index (χ0v) is 13.8. The molecule has 1 aliphatic heterocycles. The van der Waals surface area contributed by atoms with E-state index in [1.54, 1.807) is 11.3 Å². The molecule has 1 aliphatic rings. The van der Waals surface area contributed by atoms with Crippen molar-refractivity contribution in [1.82, 2.24) is 15.0 Å². The Morgan fingerprint density at radius 2 is 2.41 bits per heavy atom. The molecule has 6 heteroatoms. The maximum absolute atomic E-state index is 12.4. The lowest BCUT2D eigenvalue weighted by molar-refractivity contribution is -0.131. The molecule has 1 fully saturated rings. The third-order valence-corrected chi connectivity index (χ3v) is 4.88. The Labute approximate surface area is 134 Å². The Kier molecular flexibility index (Phi) is 4.57. The molecule has 0 saturated carbocycles. The molecule has 0 bridgehead atoms. The number of nitrogens with zero attached hydrogens (tertiary/aromatic N) is 3. The van der Waals surface area contributed by atoms with Gasteiger partial charge in [-0.25, -0.2) is 0 Å². The highest BCUT2D eigenvalue weighted by molar-refractivity contribution is 7.10. The monoisotopic (exact) mass is 319 g/mol. The first kappa shape index (κ1) is 15.2. The molecule has 3 rings (SSSR count). The van der Waals surface area contributed by atoms with Gasteiger partial charge < -0.3 is 9.42 Å². The van der Waals surface area contributed by atoms with Crippen LogP contribution < -0.4 is 0 Å². The molecule has 1 saturated heterocycles. The summed E-state index contributed by atoms with van der Waals surface area (Å²) in [6.45, 7) is 5.61. The summed E-state index contributed by atoms with van der Waals surface area (Å²) in [6, 6.07) is 4.00. The smallest absolute Gasteiger partial charge is 0.231 e. The van der Waals surface area contributed by atoms with Crippen LogP contribution in [0.3, 0.4) is 0 Å². The van der Waals surface area contributed by atoms with E-state index < -0.39 is 0 Å². The first-order valence-corrected chi connectivity index (χ1v) is 8.65. The Balaban J connectivity index is 1.64. The molecule has 5 nitrogen and oxygen atoms in total. The van der Waals surface area contributed by atoms with E-state index in [0.29, 0.717) is 18.9 Å². The van der Waals surface area contributed by atoms with Crippen LogP contribution in [0.5, 0.6) is 0 Å². The van der Waals surface area contributed by atoms with Gasteiger partial charge in [0, 0.05) is 23.9 Å². The summed E-state index contributed by atoms with van der Waals surface area (Å²) < 4.78 is 5.40. The van der Waals surface area contributed by atoms with Gasteiger partial charge in [-0.15, -0.1) is 11.3 Å². The van der Waals surface area contributed by atoms with Crippen molar-refractivity contribution in [2.45, 2.75) is 44.9 Å². The zero-order chi connectivity index (χ0) is 15.5. The minimum atomic E-state index is 0.168. The molecule has 118 valence electrons. The Morgan fingerprint density at radius 1 is 1.55 bits per heavy atom. The largest absolute Gasteiger partial charge is 0.342 e. The predicted molar refractivity (Wildman–Crippen MR) is 85.0 cm³/mol. The lowest BCUT2D eigenvalue weighted by Gasteiger charge is -2.31. The van der Waals surface area contributed by atoms with E-state index in [4.69, 9.17) is 4.52 Å². The van der Waals surface area contributed by atoms with Gasteiger partial charge in [0.15, 0.2) is 5.82 Å². The Hall–Kier alpha value is -1.69. The summed E-state index contributed by atoms with van der Waals surface area (Å²) in [5, 5.41) is 6.04. The highest BCUT2D eigenvalue weighted by atomic mass is 32.1. The number of amides is 1. The summed E-state index contributed by atoms with van der Waals surface area (Å²) in [4.78, 5) is 20.0. The summed E-state index contributed by atoms with van der Waals surface area (Å²) >= 11 is 1.63. The van der Waals surface area contributed by atoms with Gasteiger partial charge in [-0.1, -0.05) is 25.1 Å². The number of hydrogen-bond acceptors (Lipinski definition) is 5. The number of hydrogen-bond donors (Lipinski definition) is 0. The van der Waals surface area contributed by atoms with Crippen LogP contribution in [0.1, 0.15) is 55.1 Å². The van der Waals surface area contributed by atoms with Crippen LogP contribution in [0.4, 0.5) is 0 Å². The van der Waals surface area contributed by atoms with Gasteiger partial charge in [0.25, 0.3) is 0 Å². The molecule has 1 amide bonds. The lowest BCUT2D eigenvalue weighted by atomic mass is 9.97. The van der Waals surface area contributed by atoms with Crippen molar-refractivity contribution in [2.24, 2.45) is 0 Å². The molecule has 2 aromatic heterocycles. The molecular weight excluding hydrogens is 298 g/mol. The number of carbonyl (C=O) groups is 1. The normalized spacial score (nSPS) is 18.9. The minimum absolute atomic E-state index is 0.168. The number of aromatic nitrogens is 2. The van der Waals surface area contributed by atoms with Gasteiger partial charge in [-0.05, 0) is 24.3 Å². The molecular formula is C16H21N3O2S. The zero-order valence-electron chi connectivity index (χ0n) is 13.0. The van der Waals surface area contributed by atoms with Crippen molar-refractivity contribution in [3.8, 4) is 0 Å². The standard InChI is InChI=1S/C16H21N3O2S/c1-11(2)15-17-16(21-18-15)12-5-3-7-19(10-12)14(20)9-13-6-4-8-22-13/h4,6,8,11-12H,3,5,7,9-10H2,1-2H3/t12-/m1/s1. The molecule has 0 unspecified atom stereocenters. The van der Waals surface area contributed by atoms with Gasteiger partial charge in [0.1, 0.15) is 0 Å². The molecule has 2 aromatic rings. The maximum atomic E-state index is 12.4. The molecule has 1 atom stereocenters. The van der Waals surface area contributed by atoms with Crippen molar-refractivity contribution in [2.75, 3.05) is 13.1 Å². The fourth-order valence-corrected chi connectivity index (χ4v) is 3.42. The van der Waals surface area contributed by atoms with E-state index in [1.165, 1.54) is 0 Å². The summed E-state index contributed by atoms with van der Waals surface area (Å²) in [6.07, 6.45) is 2.48. The molecule has 22 heavy (non-hydrogen) atoms. The number of piperidine rings is 1. The number of carbonyl (C=O) groups excluding carboxylic acids is 1. The van der Waals surface area contributed by atoms with E-state index in [1.807, 2.05) is 36.3 Å². The third kappa shape index (κ3) is 3.38. The van der Waals surface area contributed by atoms with E-state index >= 15 is 0 Å². The highest BCUT2D eigenvalue weighted by Gasteiger charge is 2.28. The summed E-state index contributed by atoms with van der Waals surface area (Å²) in [5.41, 5.74) is 0.